The Morgan fingerprint density at radius 3 is 2.52 bits per heavy atom. The van der Waals surface area contributed by atoms with Gasteiger partial charge in [-0.1, -0.05) is 41.5 Å². The highest BCUT2D eigenvalue weighted by atomic mass is 16.5. The van der Waals surface area contributed by atoms with Crippen LogP contribution < -0.4 is 14.8 Å². The van der Waals surface area contributed by atoms with Crippen molar-refractivity contribution in [2.45, 2.75) is 6.54 Å². The zero-order valence-corrected chi connectivity index (χ0v) is 15.7. The third-order valence-electron chi connectivity index (χ3n) is 4.07. The molecule has 0 amide bonds. The van der Waals surface area contributed by atoms with E-state index in [-0.39, 0.29) is 0 Å². The number of hydrogen-bond acceptors (Lipinski definition) is 7. The molecule has 8 nitrogen and oxygen atoms in total. The molecule has 1 N–H and O–H groups in total. The number of tetrazole rings is 1. The minimum absolute atomic E-state index is 0.314. The lowest BCUT2D eigenvalue weighted by Crippen LogP contribution is -2.20. The van der Waals surface area contributed by atoms with E-state index < -0.39 is 0 Å². The molecule has 4 rings (SSSR count). The fourth-order valence-electron chi connectivity index (χ4n) is 2.65. The van der Waals surface area contributed by atoms with Crippen LogP contribution in [0.4, 0.5) is 0 Å². The van der Waals surface area contributed by atoms with E-state index in [0.29, 0.717) is 24.2 Å². The van der Waals surface area contributed by atoms with Gasteiger partial charge < -0.3 is 14.8 Å². The van der Waals surface area contributed by atoms with Crippen molar-refractivity contribution in [2.24, 2.45) is 0 Å². The van der Waals surface area contributed by atoms with Crippen LogP contribution in [0.15, 0.2) is 79.0 Å². The lowest BCUT2D eigenvalue weighted by molar-refractivity contribution is 0.302. The van der Waals surface area contributed by atoms with Gasteiger partial charge in [0.1, 0.15) is 12.4 Å². The van der Waals surface area contributed by atoms with Gasteiger partial charge in [-0.15, -0.1) is 0 Å². The maximum atomic E-state index is 5.83. The number of ether oxygens (including phenoxy) is 2. The van der Waals surface area contributed by atoms with E-state index in [2.05, 4.69) is 25.8 Å². The minimum Gasteiger partial charge on any atom is -0.476 e. The highest BCUT2D eigenvalue weighted by molar-refractivity contribution is 5.34. The highest BCUT2D eigenvalue weighted by Gasteiger charge is 2.10. The Balaban J connectivity index is 1.26. The molecule has 0 unspecified atom stereocenters. The van der Waals surface area contributed by atoms with E-state index in [1.165, 1.54) is 0 Å². The number of nitrogens with zero attached hydrogens (tertiary/aromatic N) is 5. The first-order valence-corrected chi connectivity index (χ1v) is 9.24. The van der Waals surface area contributed by atoms with E-state index >= 15 is 0 Å². The molecule has 0 radical (unpaired) electrons. The van der Waals surface area contributed by atoms with Gasteiger partial charge in [0.2, 0.25) is 5.88 Å². The summed E-state index contributed by atoms with van der Waals surface area (Å²) in [6, 6.07) is 23.3. The zero-order valence-electron chi connectivity index (χ0n) is 15.7. The molecule has 0 aliphatic carbocycles. The summed E-state index contributed by atoms with van der Waals surface area (Å²) in [6.07, 6.45) is 1.71. The van der Waals surface area contributed by atoms with Crippen LogP contribution in [0.2, 0.25) is 0 Å². The van der Waals surface area contributed by atoms with Crippen molar-refractivity contribution in [3.63, 3.8) is 0 Å². The molecule has 2 aromatic heterocycles. The molecule has 29 heavy (non-hydrogen) atoms. The first-order valence-electron chi connectivity index (χ1n) is 9.24. The summed E-state index contributed by atoms with van der Waals surface area (Å²) in [5.41, 5.74) is 1.97. The second kappa shape index (κ2) is 9.43. The average molecular weight is 388 g/mol. The number of nitrogens with one attached hydrogen (secondary N) is 1. The van der Waals surface area contributed by atoms with Gasteiger partial charge in [-0.25, -0.2) is 4.98 Å². The second-order valence-corrected chi connectivity index (χ2v) is 6.15. The number of para-hydroxylation sites is 1. The number of pyridine rings is 1. The Kier molecular flexibility index (Phi) is 6.04. The SMILES string of the molecule is c1ccc(-n2nnnc2Oc2ccc(CNCCOc3ccccn3)cc2)cc1. The van der Waals surface area contributed by atoms with Crippen molar-refractivity contribution in [3.8, 4) is 23.3 Å². The summed E-state index contributed by atoms with van der Waals surface area (Å²) < 4.78 is 12.9. The van der Waals surface area contributed by atoms with Crippen LogP contribution in [0.1, 0.15) is 5.56 Å². The predicted octanol–water partition coefficient (Wildman–Crippen LogP) is 3.02. The first-order chi connectivity index (χ1) is 14.4. The predicted molar refractivity (Wildman–Crippen MR) is 107 cm³/mol. The Morgan fingerprint density at radius 2 is 1.72 bits per heavy atom. The second-order valence-electron chi connectivity index (χ2n) is 6.15. The molecule has 2 aromatic carbocycles. The van der Waals surface area contributed by atoms with Crippen LogP contribution >= 0.6 is 0 Å². The van der Waals surface area contributed by atoms with E-state index in [1.54, 1.807) is 10.9 Å². The van der Waals surface area contributed by atoms with Gasteiger partial charge in [0.25, 0.3) is 0 Å². The summed E-state index contributed by atoms with van der Waals surface area (Å²) in [5, 5.41) is 15.0. The van der Waals surface area contributed by atoms with Crippen molar-refractivity contribution in [1.82, 2.24) is 30.5 Å². The summed E-state index contributed by atoms with van der Waals surface area (Å²) in [6.45, 7) is 2.01. The Bertz CT molecular complexity index is 1010. The van der Waals surface area contributed by atoms with Crippen molar-refractivity contribution < 1.29 is 9.47 Å². The molecule has 4 aromatic rings. The summed E-state index contributed by atoms with van der Waals surface area (Å²) in [4.78, 5) is 4.12. The van der Waals surface area contributed by atoms with Gasteiger partial charge in [0.15, 0.2) is 0 Å². The molecular formula is C21H20N6O2. The van der Waals surface area contributed by atoms with Crippen LogP contribution in [0.3, 0.4) is 0 Å². The lowest BCUT2D eigenvalue weighted by Gasteiger charge is -2.08. The smallest absolute Gasteiger partial charge is 0.345 e. The highest BCUT2D eigenvalue weighted by Crippen LogP contribution is 2.21. The molecule has 0 bridgehead atoms. The standard InChI is InChI=1S/C21H20N6O2/c1-2-6-18(7-3-1)27-21(24-25-26-27)29-19-11-9-17(10-12-19)16-22-14-15-28-20-8-4-5-13-23-20/h1-13,22H,14-16H2. The first kappa shape index (κ1) is 18.6. The number of aromatic nitrogens is 5. The summed E-state index contributed by atoms with van der Waals surface area (Å²) >= 11 is 0. The van der Waals surface area contributed by atoms with Crippen LogP contribution in [0.25, 0.3) is 5.69 Å². The largest absolute Gasteiger partial charge is 0.476 e. The normalized spacial score (nSPS) is 10.6. The molecule has 0 spiro atoms. The maximum Gasteiger partial charge on any atom is 0.345 e. The van der Waals surface area contributed by atoms with Crippen molar-refractivity contribution in [3.05, 3.63) is 84.6 Å². The third kappa shape index (κ3) is 5.14. The molecule has 146 valence electrons. The van der Waals surface area contributed by atoms with Gasteiger partial charge in [-0.3, -0.25) is 0 Å². The molecule has 0 atom stereocenters. The van der Waals surface area contributed by atoms with Gasteiger partial charge in [-0.05, 0) is 46.3 Å². The molecule has 8 heteroatoms. The Hall–Kier alpha value is -3.78. The maximum absolute atomic E-state index is 5.83. The van der Waals surface area contributed by atoms with Crippen LogP contribution in [-0.2, 0) is 6.54 Å². The Morgan fingerprint density at radius 1 is 0.897 bits per heavy atom. The summed E-state index contributed by atoms with van der Waals surface area (Å²) in [5.74, 6) is 1.30. The van der Waals surface area contributed by atoms with Gasteiger partial charge in [0, 0.05) is 25.4 Å². The van der Waals surface area contributed by atoms with Gasteiger partial charge >= 0.3 is 6.01 Å². The summed E-state index contributed by atoms with van der Waals surface area (Å²) in [7, 11) is 0. The van der Waals surface area contributed by atoms with Crippen LogP contribution in [0, 0.1) is 0 Å². The van der Waals surface area contributed by atoms with E-state index in [1.807, 2.05) is 72.8 Å². The molecule has 0 aliphatic rings. The average Bonchev–Trinajstić information content (AvgIpc) is 3.24. The van der Waals surface area contributed by atoms with Gasteiger partial charge in [0.05, 0.1) is 5.69 Å². The quantitative estimate of drug-likeness (QED) is 0.441. The van der Waals surface area contributed by atoms with E-state index in [4.69, 9.17) is 9.47 Å². The lowest BCUT2D eigenvalue weighted by atomic mass is 10.2. The van der Waals surface area contributed by atoms with Crippen LogP contribution in [0.5, 0.6) is 17.6 Å². The zero-order chi connectivity index (χ0) is 19.7. The minimum atomic E-state index is 0.314. The van der Waals surface area contributed by atoms with Gasteiger partial charge in [-0.2, -0.15) is 4.68 Å². The molecule has 0 fully saturated rings. The molecule has 0 saturated heterocycles. The third-order valence-corrected chi connectivity index (χ3v) is 4.07. The van der Waals surface area contributed by atoms with E-state index in [0.717, 1.165) is 24.3 Å². The van der Waals surface area contributed by atoms with Crippen molar-refractivity contribution in [2.75, 3.05) is 13.2 Å². The van der Waals surface area contributed by atoms with Crippen molar-refractivity contribution >= 4 is 0 Å². The number of benzene rings is 2. The topological polar surface area (TPSA) is 87.0 Å². The molecular weight excluding hydrogens is 368 g/mol. The number of hydrogen-bond donors (Lipinski definition) is 1. The molecule has 0 saturated carbocycles. The fraction of sp³-hybridized carbons (Fsp3) is 0.143. The Labute approximate surface area is 168 Å². The number of rotatable bonds is 9. The molecule has 0 aliphatic heterocycles. The molecule has 2 heterocycles. The monoisotopic (exact) mass is 388 g/mol. The van der Waals surface area contributed by atoms with E-state index in [9.17, 15) is 0 Å². The fourth-order valence-corrected chi connectivity index (χ4v) is 2.65. The van der Waals surface area contributed by atoms with Crippen molar-refractivity contribution in [1.29, 1.82) is 0 Å². The van der Waals surface area contributed by atoms with Crippen LogP contribution in [-0.4, -0.2) is 38.3 Å².